The van der Waals surface area contributed by atoms with Gasteiger partial charge >= 0.3 is 6.18 Å². The van der Waals surface area contributed by atoms with Crippen molar-refractivity contribution in [1.82, 2.24) is 4.98 Å². The number of pyridine rings is 1. The summed E-state index contributed by atoms with van der Waals surface area (Å²) in [5.41, 5.74) is -0.702. The highest BCUT2D eigenvalue weighted by Crippen LogP contribution is 2.31. The van der Waals surface area contributed by atoms with Gasteiger partial charge in [0, 0.05) is 6.20 Å². The van der Waals surface area contributed by atoms with E-state index in [2.05, 4.69) is 4.98 Å². The van der Waals surface area contributed by atoms with Gasteiger partial charge in [-0.1, -0.05) is 17.7 Å². The Morgan fingerprint density at radius 3 is 2.60 bits per heavy atom. The van der Waals surface area contributed by atoms with E-state index in [1.54, 1.807) is 0 Å². The second kappa shape index (κ2) is 4.63. The van der Waals surface area contributed by atoms with Gasteiger partial charge in [0.2, 0.25) is 0 Å². The molecule has 0 bridgehead atoms. The van der Waals surface area contributed by atoms with Gasteiger partial charge in [-0.15, -0.1) is 0 Å². The van der Waals surface area contributed by atoms with Gasteiger partial charge in [0.1, 0.15) is 0 Å². The quantitative estimate of drug-likeness (QED) is 0.858. The lowest BCUT2D eigenvalue weighted by Gasteiger charge is -2.06. The standard InChI is InChI=1S/C9H7ClF3NO/c10-7-4-6(9(11,12)13)5-14-8(7)2-1-3-15/h1-2,4-5,15H,3H2. The van der Waals surface area contributed by atoms with Crippen LogP contribution in [-0.4, -0.2) is 16.7 Å². The van der Waals surface area contributed by atoms with Gasteiger partial charge in [0.15, 0.2) is 0 Å². The van der Waals surface area contributed by atoms with Gasteiger partial charge in [-0.3, -0.25) is 4.98 Å². The summed E-state index contributed by atoms with van der Waals surface area (Å²) in [4.78, 5) is 3.53. The van der Waals surface area contributed by atoms with Crippen molar-refractivity contribution in [2.45, 2.75) is 6.18 Å². The number of aliphatic hydroxyl groups excluding tert-OH is 1. The molecular weight excluding hydrogens is 231 g/mol. The van der Waals surface area contributed by atoms with Gasteiger partial charge in [0.25, 0.3) is 0 Å². The van der Waals surface area contributed by atoms with E-state index in [0.717, 1.165) is 6.07 Å². The van der Waals surface area contributed by atoms with E-state index < -0.39 is 11.7 Å². The first kappa shape index (κ1) is 12.0. The highest BCUT2D eigenvalue weighted by molar-refractivity contribution is 6.31. The van der Waals surface area contributed by atoms with Crippen LogP contribution in [0.25, 0.3) is 6.08 Å². The lowest BCUT2D eigenvalue weighted by Crippen LogP contribution is -2.05. The Balaban J connectivity index is 3.04. The van der Waals surface area contributed by atoms with Crippen LogP contribution < -0.4 is 0 Å². The number of aliphatic hydroxyl groups is 1. The van der Waals surface area contributed by atoms with Crippen molar-refractivity contribution in [3.8, 4) is 0 Å². The maximum Gasteiger partial charge on any atom is 0.417 e. The first-order chi connectivity index (χ1) is 6.95. The fourth-order valence-electron chi connectivity index (χ4n) is 0.890. The summed E-state index contributed by atoms with van der Waals surface area (Å²) >= 11 is 5.58. The van der Waals surface area contributed by atoms with Gasteiger partial charge in [-0.25, -0.2) is 0 Å². The third-order valence-electron chi connectivity index (χ3n) is 1.58. The van der Waals surface area contributed by atoms with Crippen LogP contribution in [0.15, 0.2) is 18.3 Å². The Bertz CT molecular complexity index is 376. The molecule has 0 unspecified atom stereocenters. The summed E-state index contributed by atoms with van der Waals surface area (Å²) in [5.74, 6) is 0. The van der Waals surface area contributed by atoms with Crippen LogP contribution in [0.2, 0.25) is 5.02 Å². The molecule has 6 heteroatoms. The highest BCUT2D eigenvalue weighted by Gasteiger charge is 2.31. The monoisotopic (exact) mass is 237 g/mol. The zero-order valence-electron chi connectivity index (χ0n) is 7.42. The molecule has 15 heavy (non-hydrogen) atoms. The predicted octanol–water partition coefficient (Wildman–Crippen LogP) is 2.76. The number of halogens is 4. The SMILES string of the molecule is OCC=Cc1ncc(C(F)(F)F)cc1Cl. The highest BCUT2D eigenvalue weighted by atomic mass is 35.5. The number of nitrogens with zero attached hydrogens (tertiary/aromatic N) is 1. The van der Waals surface area contributed by atoms with Crippen molar-refractivity contribution in [3.63, 3.8) is 0 Å². The Kier molecular flexibility index (Phi) is 3.71. The van der Waals surface area contributed by atoms with Gasteiger partial charge < -0.3 is 5.11 Å². The van der Waals surface area contributed by atoms with E-state index in [1.807, 2.05) is 0 Å². The maximum absolute atomic E-state index is 12.2. The van der Waals surface area contributed by atoms with E-state index in [0.29, 0.717) is 6.20 Å². The van der Waals surface area contributed by atoms with Crippen molar-refractivity contribution < 1.29 is 18.3 Å². The third kappa shape index (κ3) is 3.21. The molecule has 1 rings (SSSR count). The molecule has 0 saturated heterocycles. The molecule has 82 valence electrons. The van der Waals surface area contributed by atoms with Crippen molar-refractivity contribution in [3.05, 3.63) is 34.6 Å². The topological polar surface area (TPSA) is 33.1 Å². The van der Waals surface area contributed by atoms with Crippen LogP contribution in [-0.2, 0) is 6.18 Å². The number of aromatic nitrogens is 1. The summed E-state index contributed by atoms with van der Waals surface area (Å²) in [5, 5.41) is 8.36. The van der Waals surface area contributed by atoms with Crippen molar-refractivity contribution in [2.24, 2.45) is 0 Å². The Morgan fingerprint density at radius 1 is 1.47 bits per heavy atom. The van der Waals surface area contributed by atoms with Crippen LogP contribution in [0.1, 0.15) is 11.3 Å². The average Bonchev–Trinajstić information content (AvgIpc) is 2.14. The molecular formula is C9H7ClF3NO. The Morgan fingerprint density at radius 2 is 2.13 bits per heavy atom. The molecule has 0 amide bonds. The van der Waals surface area contributed by atoms with Crippen LogP contribution in [0.3, 0.4) is 0 Å². The zero-order valence-corrected chi connectivity index (χ0v) is 8.18. The van der Waals surface area contributed by atoms with E-state index in [1.165, 1.54) is 12.2 Å². The minimum atomic E-state index is -4.45. The fraction of sp³-hybridized carbons (Fsp3) is 0.222. The molecule has 1 heterocycles. The van der Waals surface area contributed by atoms with Gasteiger partial charge in [-0.2, -0.15) is 13.2 Å². The molecule has 2 nitrogen and oxygen atoms in total. The van der Waals surface area contributed by atoms with E-state index >= 15 is 0 Å². The van der Waals surface area contributed by atoms with E-state index in [4.69, 9.17) is 16.7 Å². The molecule has 1 aromatic rings. The molecule has 0 radical (unpaired) electrons. The normalized spacial score (nSPS) is 12.3. The van der Waals surface area contributed by atoms with Crippen molar-refractivity contribution >= 4 is 17.7 Å². The predicted molar refractivity (Wildman–Crippen MR) is 50.4 cm³/mol. The van der Waals surface area contributed by atoms with Gasteiger partial charge in [-0.05, 0) is 12.1 Å². The number of hydrogen-bond acceptors (Lipinski definition) is 2. The van der Waals surface area contributed by atoms with Crippen molar-refractivity contribution in [1.29, 1.82) is 0 Å². The second-order valence-corrected chi connectivity index (χ2v) is 3.08. The van der Waals surface area contributed by atoms with E-state index in [9.17, 15) is 13.2 Å². The summed E-state index contributed by atoms with van der Waals surface area (Å²) in [6.07, 6.45) is -1.07. The molecule has 1 N–H and O–H groups in total. The largest absolute Gasteiger partial charge is 0.417 e. The van der Waals surface area contributed by atoms with Crippen LogP contribution in [0.5, 0.6) is 0 Å². The maximum atomic E-state index is 12.2. The molecule has 1 aromatic heterocycles. The molecule has 0 saturated carbocycles. The summed E-state index contributed by atoms with van der Waals surface area (Å²) in [7, 11) is 0. The summed E-state index contributed by atoms with van der Waals surface area (Å²) in [6, 6.07) is 0.797. The lowest BCUT2D eigenvalue weighted by atomic mass is 10.2. The number of hydrogen-bond donors (Lipinski definition) is 1. The molecule has 0 aliphatic rings. The average molecular weight is 238 g/mol. The van der Waals surface area contributed by atoms with Crippen molar-refractivity contribution in [2.75, 3.05) is 6.61 Å². The lowest BCUT2D eigenvalue weighted by molar-refractivity contribution is -0.137. The number of rotatable bonds is 2. The zero-order chi connectivity index (χ0) is 11.5. The molecule has 0 fully saturated rings. The summed E-state index contributed by atoms with van der Waals surface area (Å²) < 4.78 is 36.6. The molecule has 0 aliphatic carbocycles. The Labute approximate surface area is 89.0 Å². The van der Waals surface area contributed by atoms with Crippen LogP contribution >= 0.6 is 11.6 Å². The first-order valence-corrected chi connectivity index (χ1v) is 4.33. The molecule has 0 aliphatic heterocycles. The fourth-order valence-corrected chi connectivity index (χ4v) is 1.12. The third-order valence-corrected chi connectivity index (χ3v) is 1.88. The minimum absolute atomic E-state index is 0.102. The van der Waals surface area contributed by atoms with Crippen LogP contribution in [0.4, 0.5) is 13.2 Å². The first-order valence-electron chi connectivity index (χ1n) is 3.95. The molecule has 0 atom stereocenters. The van der Waals surface area contributed by atoms with Crippen LogP contribution in [0, 0.1) is 0 Å². The van der Waals surface area contributed by atoms with E-state index in [-0.39, 0.29) is 17.3 Å². The minimum Gasteiger partial charge on any atom is -0.392 e. The summed E-state index contributed by atoms with van der Waals surface area (Å²) in [6.45, 7) is -0.223. The molecule has 0 spiro atoms. The number of alkyl halides is 3. The van der Waals surface area contributed by atoms with Gasteiger partial charge in [0.05, 0.1) is 22.9 Å². The molecule has 0 aromatic carbocycles. The smallest absolute Gasteiger partial charge is 0.392 e. The second-order valence-electron chi connectivity index (χ2n) is 2.67. The Hall–Kier alpha value is -1.07.